The Labute approximate surface area is 165 Å². The number of nitrogens with one attached hydrogen (secondary N) is 2. The molecule has 2 heterocycles. The second-order valence-electron chi connectivity index (χ2n) is 5.70. The van der Waals surface area contributed by atoms with E-state index in [9.17, 15) is 4.79 Å². The first kappa shape index (κ1) is 21.1. The first-order chi connectivity index (χ1) is 11.1. The molecule has 0 aliphatic carbocycles. The van der Waals surface area contributed by atoms with Crippen LogP contribution in [0, 0.1) is 6.92 Å². The first-order valence-corrected chi connectivity index (χ1v) is 9.18. The van der Waals surface area contributed by atoms with Crippen LogP contribution in [0.15, 0.2) is 11.2 Å². The van der Waals surface area contributed by atoms with Gasteiger partial charge in [-0.3, -0.25) is 9.79 Å². The summed E-state index contributed by atoms with van der Waals surface area (Å²) >= 11 is 1.73. The van der Waals surface area contributed by atoms with E-state index in [1.54, 1.807) is 11.3 Å². The van der Waals surface area contributed by atoms with Gasteiger partial charge in [0.1, 0.15) is 0 Å². The van der Waals surface area contributed by atoms with Crippen LogP contribution >= 0.6 is 35.3 Å². The molecular formula is C16H28IN5OS. The van der Waals surface area contributed by atoms with Crippen molar-refractivity contribution in [1.82, 2.24) is 20.5 Å². The Balaban J connectivity index is 0.00000288. The molecule has 0 radical (unpaired) electrons. The standard InChI is InChI=1S/C16H27N5OS.HI/c1-4-15(22)21-9-7-13(11-21)20-16(17-5-2)18-8-6-14-19-10-12(3)23-14;/h10,13H,4-9,11H2,1-3H3,(H2,17,18,20);1H. The third-order valence-electron chi connectivity index (χ3n) is 3.79. The molecule has 1 fully saturated rings. The zero-order valence-electron chi connectivity index (χ0n) is 14.7. The van der Waals surface area contributed by atoms with Gasteiger partial charge in [-0.15, -0.1) is 35.3 Å². The number of rotatable bonds is 6. The van der Waals surface area contributed by atoms with E-state index in [4.69, 9.17) is 0 Å². The second-order valence-corrected chi connectivity index (χ2v) is 7.02. The molecule has 8 heteroatoms. The Hall–Kier alpha value is -0.900. The molecule has 24 heavy (non-hydrogen) atoms. The van der Waals surface area contributed by atoms with Crippen LogP contribution in [0.2, 0.25) is 0 Å². The van der Waals surface area contributed by atoms with Gasteiger partial charge in [-0.25, -0.2) is 4.98 Å². The van der Waals surface area contributed by atoms with Gasteiger partial charge in [0.05, 0.1) is 5.01 Å². The van der Waals surface area contributed by atoms with Crippen molar-refractivity contribution in [2.45, 2.75) is 46.1 Å². The van der Waals surface area contributed by atoms with E-state index >= 15 is 0 Å². The lowest BCUT2D eigenvalue weighted by Gasteiger charge is -2.18. The lowest BCUT2D eigenvalue weighted by atomic mass is 10.3. The number of carbonyl (C=O) groups excluding carboxylic acids is 1. The molecule has 0 spiro atoms. The summed E-state index contributed by atoms with van der Waals surface area (Å²) in [7, 11) is 0. The number of amides is 1. The van der Waals surface area contributed by atoms with Gasteiger partial charge in [-0.1, -0.05) is 6.92 Å². The molecule has 1 unspecified atom stereocenters. The number of likely N-dealkylation sites (tertiary alicyclic amines) is 1. The van der Waals surface area contributed by atoms with E-state index in [2.05, 4.69) is 34.5 Å². The van der Waals surface area contributed by atoms with Crippen molar-refractivity contribution >= 4 is 47.2 Å². The fourth-order valence-corrected chi connectivity index (χ4v) is 3.40. The zero-order valence-corrected chi connectivity index (χ0v) is 17.8. The summed E-state index contributed by atoms with van der Waals surface area (Å²) in [5.41, 5.74) is 0. The summed E-state index contributed by atoms with van der Waals surface area (Å²) in [6.45, 7) is 9.18. The Morgan fingerprint density at radius 2 is 2.29 bits per heavy atom. The molecular weight excluding hydrogens is 437 g/mol. The maximum atomic E-state index is 11.7. The van der Waals surface area contributed by atoms with Crippen molar-refractivity contribution in [2.24, 2.45) is 4.99 Å². The fourth-order valence-electron chi connectivity index (χ4n) is 2.62. The minimum atomic E-state index is 0. The number of aromatic nitrogens is 1. The lowest BCUT2D eigenvalue weighted by Crippen LogP contribution is -2.45. The summed E-state index contributed by atoms with van der Waals surface area (Å²) in [6, 6.07) is 0.283. The SMILES string of the molecule is CCNC(=NCCc1ncc(C)s1)NC1CCN(C(=O)CC)C1.I. The van der Waals surface area contributed by atoms with Crippen molar-refractivity contribution < 1.29 is 4.79 Å². The number of carbonyl (C=O) groups is 1. The summed E-state index contributed by atoms with van der Waals surface area (Å²) in [4.78, 5) is 23.9. The van der Waals surface area contributed by atoms with E-state index in [1.807, 2.05) is 18.0 Å². The van der Waals surface area contributed by atoms with Crippen LogP contribution < -0.4 is 10.6 Å². The van der Waals surface area contributed by atoms with Crippen LogP contribution in [0.25, 0.3) is 0 Å². The maximum absolute atomic E-state index is 11.7. The molecule has 1 aromatic heterocycles. The minimum absolute atomic E-state index is 0. The number of nitrogens with zero attached hydrogens (tertiary/aromatic N) is 3. The summed E-state index contributed by atoms with van der Waals surface area (Å²) < 4.78 is 0. The molecule has 136 valence electrons. The molecule has 6 nitrogen and oxygen atoms in total. The van der Waals surface area contributed by atoms with E-state index < -0.39 is 0 Å². The highest BCUT2D eigenvalue weighted by atomic mass is 127. The van der Waals surface area contributed by atoms with E-state index in [0.717, 1.165) is 43.4 Å². The van der Waals surface area contributed by atoms with Crippen LogP contribution in [0.4, 0.5) is 0 Å². The molecule has 1 aliphatic rings. The highest BCUT2D eigenvalue weighted by Gasteiger charge is 2.25. The van der Waals surface area contributed by atoms with Crippen molar-refractivity contribution in [3.05, 3.63) is 16.1 Å². The average Bonchev–Trinajstić information content (AvgIpc) is 3.16. The molecule has 0 aromatic carbocycles. The zero-order chi connectivity index (χ0) is 16.7. The molecule has 0 bridgehead atoms. The first-order valence-electron chi connectivity index (χ1n) is 8.36. The topological polar surface area (TPSA) is 69.6 Å². The minimum Gasteiger partial charge on any atom is -0.357 e. The highest BCUT2D eigenvalue weighted by Crippen LogP contribution is 2.12. The number of guanidine groups is 1. The monoisotopic (exact) mass is 465 g/mol. The van der Waals surface area contributed by atoms with Crippen molar-refractivity contribution in [1.29, 1.82) is 0 Å². The molecule has 1 atom stereocenters. The number of hydrogen-bond donors (Lipinski definition) is 2. The van der Waals surface area contributed by atoms with E-state index in [0.29, 0.717) is 13.0 Å². The fraction of sp³-hybridized carbons (Fsp3) is 0.688. The van der Waals surface area contributed by atoms with Gasteiger partial charge in [0.15, 0.2) is 5.96 Å². The van der Waals surface area contributed by atoms with Crippen LogP contribution in [-0.4, -0.2) is 54.0 Å². The average molecular weight is 465 g/mol. The Morgan fingerprint density at radius 1 is 1.50 bits per heavy atom. The summed E-state index contributed by atoms with van der Waals surface area (Å²) in [5.74, 6) is 1.06. The van der Waals surface area contributed by atoms with Gasteiger partial charge in [0.2, 0.25) is 5.91 Å². The normalized spacial score (nSPS) is 17.5. The Kier molecular flexibility index (Phi) is 9.57. The molecule has 0 saturated carbocycles. The van der Waals surface area contributed by atoms with Gasteiger partial charge >= 0.3 is 0 Å². The number of hydrogen-bond acceptors (Lipinski definition) is 4. The van der Waals surface area contributed by atoms with E-state index in [1.165, 1.54) is 4.88 Å². The molecule has 2 N–H and O–H groups in total. The van der Waals surface area contributed by atoms with Crippen LogP contribution in [0.5, 0.6) is 0 Å². The highest BCUT2D eigenvalue weighted by molar-refractivity contribution is 14.0. The third kappa shape index (κ3) is 6.54. The van der Waals surface area contributed by atoms with Gasteiger partial charge in [-0.05, 0) is 20.3 Å². The van der Waals surface area contributed by atoms with E-state index in [-0.39, 0.29) is 35.9 Å². The maximum Gasteiger partial charge on any atom is 0.222 e. The van der Waals surface area contributed by atoms with Crippen molar-refractivity contribution in [2.75, 3.05) is 26.2 Å². The predicted octanol–water partition coefficient (Wildman–Crippen LogP) is 2.18. The summed E-state index contributed by atoms with van der Waals surface area (Å²) in [5, 5.41) is 7.85. The lowest BCUT2D eigenvalue weighted by molar-refractivity contribution is -0.129. The molecule has 1 aromatic rings. The van der Waals surface area contributed by atoms with Crippen molar-refractivity contribution in [3.63, 3.8) is 0 Å². The van der Waals surface area contributed by atoms with Gasteiger partial charge in [0, 0.05) is 56.1 Å². The van der Waals surface area contributed by atoms with Gasteiger partial charge in [-0.2, -0.15) is 0 Å². The molecule has 1 aliphatic heterocycles. The summed E-state index contributed by atoms with van der Waals surface area (Å²) in [6.07, 6.45) is 4.32. The largest absolute Gasteiger partial charge is 0.357 e. The number of aryl methyl sites for hydroxylation is 1. The number of thiazole rings is 1. The molecule has 1 saturated heterocycles. The van der Waals surface area contributed by atoms with Gasteiger partial charge < -0.3 is 15.5 Å². The second kappa shape index (κ2) is 10.9. The molecule has 2 rings (SSSR count). The smallest absolute Gasteiger partial charge is 0.222 e. The quantitative estimate of drug-likeness (QED) is 0.384. The molecule has 1 amide bonds. The number of halogens is 1. The van der Waals surface area contributed by atoms with Crippen LogP contribution in [0.1, 0.15) is 36.6 Å². The third-order valence-corrected chi connectivity index (χ3v) is 4.77. The van der Waals surface area contributed by atoms with Crippen LogP contribution in [0.3, 0.4) is 0 Å². The van der Waals surface area contributed by atoms with Crippen molar-refractivity contribution in [3.8, 4) is 0 Å². The Bertz CT molecular complexity index is 548. The number of aliphatic imine (C=N–C) groups is 1. The van der Waals surface area contributed by atoms with Crippen LogP contribution in [-0.2, 0) is 11.2 Å². The predicted molar refractivity (Wildman–Crippen MR) is 110 cm³/mol. The van der Waals surface area contributed by atoms with Gasteiger partial charge in [0.25, 0.3) is 0 Å². The Morgan fingerprint density at radius 3 is 2.92 bits per heavy atom.